The molecule has 2 atom stereocenters. The first-order valence-corrected chi connectivity index (χ1v) is 7.49. The van der Waals surface area contributed by atoms with Gasteiger partial charge in [0.15, 0.2) is 0 Å². The number of rotatable bonds is 9. The molecule has 0 aliphatic carbocycles. The molecule has 1 rings (SSSR count). The summed E-state index contributed by atoms with van der Waals surface area (Å²) in [5.74, 6) is 0.950. The van der Waals surface area contributed by atoms with Crippen LogP contribution in [0.15, 0.2) is 24.3 Å². The minimum absolute atomic E-state index is 0.156. The standard InChI is InChI=1S/C17H28FNO/c1-13(2)11-19-12-16(8-14(3)20-4)9-15-6-5-7-17(18)10-15/h5-7,10,13-14,16,19H,8-9,11-12H2,1-4H3. The fraction of sp³-hybridized carbons (Fsp3) is 0.647. The predicted molar refractivity (Wildman–Crippen MR) is 82.4 cm³/mol. The van der Waals surface area contributed by atoms with Crippen molar-refractivity contribution in [3.05, 3.63) is 35.6 Å². The molecule has 0 heterocycles. The molecule has 0 aliphatic heterocycles. The quantitative estimate of drug-likeness (QED) is 0.746. The summed E-state index contributed by atoms with van der Waals surface area (Å²) in [6.45, 7) is 8.45. The molecule has 0 fully saturated rings. The fourth-order valence-electron chi connectivity index (χ4n) is 2.38. The smallest absolute Gasteiger partial charge is 0.123 e. The molecule has 1 aromatic rings. The van der Waals surface area contributed by atoms with Crippen molar-refractivity contribution in [1.29, 1.82) is 0 Å². The molecule has 0 spiro atoms. The van der Waals surface area contributed by atoms with Gasteiger partial charge in [-0.05, 0) is 62.4 Å². The molecule has 20 heavy (non-hydrogen) atoms. The van der Waals surface area contributed by atoms with E-state index in [1.54, 1.807) is 19.2 Å². The average molecular weight is 281 g/mol. The third-order valence-corrected chi connectivity index (χ3v) is 3.47. The lowest BCUT2D eigenvalue weighted by Crippen LogP contribution is -2.29. The van der Waals surface area contributed by atoms with E-state index in [1.807, 2.05) is 6.07 Å². The number of nitrogens with one attached hydrogen (secondary N) is 1. The Labute approximate surface area is 122 Å². The summed E-state index contributed by atoms with van der Waals surface area (Å²) in [6.07, 6.45) is 2.10. The Morgan fingerprint density at radius 2 is 1.95 bits per heavy atom. The van der Waals surface area contributed by atoms with E-state index >= 15 is 0 Å². The van der Waals surface area contributed by atoms with Crippen LogP contribution in [0.2, 0.25) is 0 Å². The van der Waals surface area contributed by atoms with Gasteiger partial charge in [0.25, 0.3) is 0 Å². The molecule has 0 bridgehead atoms. The van der Waals surface area contributed by atoms with Crippen LogP contribution in [0, 0.1) is 17.7 Å². The van der Waals surface area contributed by atoms with Crippen LogP contribution < -0.4 is 5.32 Å². The normalized spacial score (nSPS) is 14.5. The Kier molecular flexibility index (Phi) is 7.78. The monoisotopic (exact) mass is 281 g/mol. The van der Waals surface area contributed by atoms with Crippen LogP contribution in [0.25, 0.3) is 0 Å². The molecular weight excluding hydrogens is 253 g/mol. The first kappa shape index (κ1) is 17.1. The first-order valence-electron chi connectivity index (χ1n) is 7.49. The summed E-state index contributed by atoms with van der Waals surface area (Å²) in [5, 5.41) is 3.50. The maximum absolute atomic E-state index is 13.3. The number of halogens is 1. The van der Waals surface area contributed by atoms with Crippen LogP contribution in [0.4, 0.5) is 4.39 Å². The third kappa shape index (κ3) is 7.01. The Balaban J connectivity index is 2.56. The molecule has 0 saturated heterocycles. The van der Waals surface area contributed by atoms with Crippen molar-refractivity contribution in [2.75, 3.05) is 20.2 Å². The molecule has 0 amide bonds. The Morgan fingerprint density at radius 3 is 2.55 bits per heavy atom. The average Bonchev–Trinajstić information content (AvgIpc) is 2.38. The van der Waals surface area contributed by atoms with Crippen molar-refractivity contribution in [3.8, 4) is 0 Å². The van der Waals surface area contributed by atoms with Gasteiger partial charge in [0.2, 0.25) is 0 Å². The van der Waals surface area contributed by atoms with E-state index in [9.17, 15) is 4.39 Å². The first-order chi connectivity index (χ1) is 9.51. The molecule has 0 radical (unpaired) electrons. The van der Waals surface area contributed by atoms with Crippen LogP contribution in [0.1, 0.15) is 32.8 Å². The zero-order valence-electron chi connectivity index (χ0n) is 13.2. The SMILES string of the molecule is COC(C)CC(CNCC(C)C)Cc1cccc(F)c1. The van der Waals surface area contributed by atoms with Gasteiger partial charge >= 0.3 is 0 Å². The summed E-state index contributed by atoms with van der Waals surface area (Å²) in [5.41, 5.74) is 1.06. The van der Waals surface area contributed by atoms with E-state index < -0.39 is 0 Å². The highest BCUT2D eigenvalue weighted by molar-refractivity contribution is 5.17. The van der Waals surface area contributed by atoms with Crippen LogP contribution in [0.3, 0.4) is 0 Å². The summed E-state index contributed by atoms with van der Waals surface area (Å²) in [7, 11) is 1.74. The van der Waals surface area contributed by atoms with Gasteiger partial charge < -0.3 is 10.1 Å². The van der Waals surface area contributed by atoms with Gasteiger partial charge in [0.05, 0.1) is 6.10 Å². The van der Waals surface area contributed by atoms with Gasteiger partial charge in [-0.3, -0.25) is 0 Å². The highest BCUT2D eigenvalue weighted by atomic mass is 19.1. The fourth-order valence-corrected chi connectivity index (χ4v) is 2.38. The van der Waals surface area contributed by atoms with Gasteiger partial charge in [0.1, 0.15) is 5.82 Å². The maximum atomic E-state index is 13.3. The molecule has 2 nitrogen and oxygen atoms in total. The lowest BCUT2D eigenvalue weighted by Gasteiger charge is -2.21. The number of hydrogen-bond donors (Lipinski definition) is 1. The third-order valence-electron chi connectivity index (χ3n) is 3.47. The van der Waals surface area contributed by atoms with Crippen LogP contribution >= 0.6 is 0 Å². The zero-order valence-corrected chi connectivity index (χ0v) is 13.2. The number of ether oxygens (including phenoxy) is 1. The van der Waals surface area contributed by atoms with Crippen LogP contribution in [-0.4, -0.2) is 26.3 Å². The number of benzene rings is 1. The molecule has 0 aliphatic rings. The molecular formula is C17H28FNO. The molecule has 1 N–H and O–H groups in total. The van der Waals surface area contributed by atoms with Gasteiger partial charge in [-0.25, -0.2) is 4.39 Å². The van der Waals surface area contributed by atoms with Gasteiger partial charge in [-0.15, -0.1) is 0 Å². The zero-order chi connectivity index (χ0) is 15.0. The lowest BCUT2D eigenvalue weighted by molar-refractivity contribution is 0.0945. The molecule has 2 unspecified atom stereocenters. The Morgan fingerprint density at radius 1 is 1.20 bits per heavy atom. The molecule has 0 aromatic heterocycles. The Bertz CT molecular complexity index is 381. The second-order valence-corrected chi connectivity index (χ2v) is 6.03. The van der Waals surface area contributed by atoms with Crippen molar-refractivity contribution in [3.63, 3.8) is 0 Å². The Hall–Kier alpha value is -0.930. The van der Waals surface area contributed by atoms with E-state index in [4.69, 9.17) is 4.74 Å². The van der Waals surface area contributed by atoms with Crippen molar-refractivity contribution in [1.82, 2.24) is 5.32 Å². The van der Waals surface area contributed by atoms with Crippen molar-refractivity contribution < 1.29 is 9.13 Å². The highest BCUT2D eigenvalue weighted by Gasteiger charge is 2.14. The van der Waals surface area contributed by atoms with Crippen LogP contribution in [0.5, 0.6) is 0 Å². The number of methoxy groups -OCH3 is 1. The van der Waals surface area contributed by atoms with E-state index in [2.05, 4.69) is 26.1 Å². The summed E-state index contributed by atoms with van der Waals surface area (Å²) < 4.78 is 18.6. The summed E-state index contributed by atoms with van der Waals surface area (Å²) in [6, 6.07) is 6.90. The minimum atomic E-state index is -0.156. The number of hydrogen-bond acceptors (Lipinski definition) is 2. The van der Waals surface area contributed by atoms with Crippen molar-refractivity contribution >= 4 is 0 Å². The van der Waals surface area contributed by atoms with E-state index in [1.165, 1.54) is 6.07 Å². The van der Waals surface area contributed by atoms with Crippen molar-refractivity contribution in [2.45, 2.75) is 39.7 Å². The molecule has 1 aromatic carbocycles. The van der Waals surface area contributed by atoms with Crippen LogP contribution in [-0.2, 0) is 11.2 Å². The highest BCUT2D eigenvalue weighted by Crippen LogP contribution is 2.16. The topological polar surface area (TPSA) is 21.3 Å². The second kappa shape index (κ2) is 9.09. The van der Waals surface area contributed by atoms with E-state index in [0.717, 1.165) is 31.5 Å². The molecule has 114 valence electrons. The molecule has 3 heteroatoms. The molecule has 0 saturated carbocycles. The van der Waals surface area contributed by atoms with E-state index in [-0.39, 0.29) is 11.9 Å². The second-order valence-electron chi connectivity index (χ2n) is 6.03. The maximum Gasteiger partial charge on any atom is 0.123 e. The summed E-state index contributed by atoms with van der Waals surface area (Å²) in [4.78, 5) is 0. The summed E-state index contributed by atoms with van der Waals surface area (Å²) >= 11 is 0. The van der Waals surface area contributed by atoms with Crippen molar-refractivity contribution in [2.24, 2.45) is 11.8 Å². The largest absolute Gasteiger partial charge is 0.382 e. The van der Waals surface area contributed by atoms with Gasteiger partial charge in [0, 0.05) is 7.11 Å². The lowest BCUT2D eigenvalue weighted by atomic mass is 9.93. The minimum Gasteiger partial charge on any atom is -0.382 e. The van der Waals surface area contributed by atoms with E-state index in [0.29, 0.717) is 11.8 Å². The van der Waals surface area contributed by atoms with Gasteiger partial charge in [-0.2, -0.15) is 0 Å². The predicted octanol–water partition coefficient (Wildman–Crippen LogP) is 3.66. The van der Waals surface area contributed by atoms with Gasteiger partial charge in [-0.1, -0.05) is 26.0 Å².